The minimum Gasteiger partial charge on any atom is -0.489 e. The highest BCUT2D eigenvalue weighted by Gasteiger charge is 2.25. The molecule has 3 aromatic rings. The molecule has 2 amide bonds. The van der Waals surface area contributed by atoms with Crippen molar-refractivity contribution in [2.75, 3.05) is 57.1 Å². The highest BCUT2D eigenvalue weighted by Crippen LogP contribution is 2.36. The van der Waals surface area contributed by atoms with Crippen LogP contribution < -0.4 is 15.4 Å². The number of pyridine rings is 1. The summed E-state index contributed by atoms with van der Waals surface area (Å²) < 4.78 is 5.60. The Morgan fingerprint density at radius 3 is 2.53 bits per heavy atom. The number of nitrogens with zero attached hydrogens (tertiary/aromatic N) is 3. The molecule has 0 unspecified atom stereocenters. The van der Waals surface area contributed by atoms with Gasteiger partial charge in [-0.1, -0.05) is 34.8 Å². The lowest BCUT2D eigenvalue weighted by Crippen LogP contribution is -2.43. The standard InChI is InChI=1S/C25H26Cl3N5O4S/c1-32-4-6-33(7-5-32)13-15-14-38-23(21(15)28)25(36)31-22-18(10-17(27)11-19(22)37-9-8-34)24(35)30-20-3-2-16(26)12-29-20/h2-3,10-12,14,34H,4-9,13H2,1H3,(H,31,36)(H,29,30,35). The molecule has 4 rings (SSSR count). The maximum atomic E-state index is 13.4. The van der Waals surface area contributed by atoms with Crippen molar-refractivity contribution in [1.29, 1.82) is 0 Å². The summed E-state index contributed by atoms with van der Waals surface area (Å²) in [5.74, 6) is -0.706. The van der Waals surface area contributed by atoms with Gasteiger partial charge in [-0.15, -0.1) is 11.3 Å². The van der Waals surface area contributed by atoms with E-state index in [-0.39, 0.29) is 41.1 Å². The first-order chi connectivity index (χ1) is 18.2. The van der Waals surface area contributed by atoms with E-state index in [1.165, 1.54) is 29.7 Å². The minimum atomic E-state index is -0.584. The molecule has 0 atom stereocenters. The lowest BCUT2D eigenvalue weighted by Gasteiger charge is -2.32. The molecule has 3 N–H and O–H groups in total. The first-order valence-electron chi connectivity index (χ1n) is 11.7. The molecule has 0 aliphatic carbocycles. The zero-order valence-electron chi connectivity index (χ0n) is 20.5. The first-order valence-corrected chi connectivity index (χ1v) is 13.7. The van der Waals surface area contributed by atoms with E-state index in [0.717, 1.165) is 31.7 Å². The summed E-state index contributed by atoms with van der Waals surface area (Å²) in [7, 11) is 2.09. The van der Waals surface area contributed by atoms with E-state index in [1.807, 2.05) is 5.38 Å². The molecule has 38 heavy (non-hydrogen) atoms. The number of aliphatic hydroxyl groups excluding tert-OH is 1. The van der Waals surface area contributed by atoms with Crippen LogP contribution in [0, 0.1) is 0 Å². The number of aliphatic hydroxyl groups is 1. The Bertz CT molecular complexity index is 1300. The van der Waals surface area contributed by atoms with E-state index in [9.17, 15) is 14.7 Å². The van der Waals surface area contributed by atoms with Gasteiger partial charge in [-0.25, -0.2) is 4.98 Å². The number of ether oxygens (including phenoxy) is 1. The minimum absolute atomic E-state index is 0.0425. The number of piperazine rings is 1. The van der Waals surface area contributed by atoms with E-state index >= 15 is 0 Å². The molecular weight excluding hydrogens is 573 g/mol. The molecule has 1 saturated heterocycles. The van der Waals surface area contributed by atoms with Crippen molar-refractivity contribution in [2.24, 2.45) is 0 Å². The summed E-state index contributed by atoms with van der Waals surface area (Å²) in [5.41, 5.74) is 0.997. The number of hydrogen-bond acceptors (Lipinski definition) is 8. The molecule has 1 aliphatic heterocycles. The van der Waals surface area contributed by atoms with E-state index in [2.05, 4.69) is 32.5 Å². The second-order valence-corrected chi connectivity index (χ2v) is 10.8. The van der Waals surface area contributed by atoms with Crippen LogP contribution in [0.2, 0.25) is 15.1 Å². The monoisotopic (exact) mass is 597 g/mol. The number of rotatable bonds is 9. The number of likely N-dealkylation sites (N-methyl/N-ethyl adjacent to an activating group) is 1. The van der Waals surface area contributed by atoms with Gasteiger partial charge in [0, 0.05) is 50.0 Å². The number of carbonyl (C=O) groups excluding carboxylic acids is 2. The third-order valence-electron chi connectivity index (χ3n) is 5.86. The molecule has 3 heterocycles. The SMILES string of the molecule is CN1CCN(Cc2csc(C(=O)Nc3c(OCCO)cc(Cl)cc3C(=O)Nc3ccc(Cl)cn3)c2Cl)CC1. The van der Waals surface area contributed by atoms with Crippen LogP contribution in [-0.4, -0.2) is 78.1 Å². The Morgan fingerprint density at radius 2 is 1.84 bits per heavy atom. The average molecular weight is 599 g/mol. The Labute approximate surface area is 239 Å². The number of amides is 2. The number of anilines is 2. The van der Waals surface area contributed by atoms with Crippen molar-refractivity contribution in [3.63, 3.8) is 0 Å². The fraction of sp³-hybridized carbons (Fsp3) is 0.320. The molecule has 13 heteroatoms. The van der Waals surface area contributed by atoms with Crippen LogP contribution in [0.15, 0.2) is 35.8 Å². The van der Waals surface area contributed by atoms with Crippen molar-refractivity contribution in [1.82, 2.24) is 14.8 Å². The zero-order chi connectivity index (χ0) is 27.2. The molecule has 1 fully saturated rings. The Kier molecular flexibility index (Phi) is 9.83. The van der Waals surface area contributed by atoms with E-state index in [1.54, 1.807) is 12.1 Å². The van der Waals surface area contributed by atoms with E-state index in [0.29, 0.717) is 21.5 Å². The van der Waals surface area contributed by atoms with Crippen LogP contribution in [0.4, 0.5) is 11.5 Å². The van der Waals surface area contributed by atoms with Gasteiger partial charge in [-0.05, 0) is 36.2 Å². The smallest absolute Gasteiger partial charge is 0.267 e. The van der Waals surface area contributed by atoms with Gasteiger partial charge in [0.25, 0.3) is 11.8 Å². The van der Waals surface area contributed by atoms with Crippen molar-refractivity contribution < 1.29 is 19.4 Å². The first kappa shape index (κ1) is 28.6. The Hall–Kier alpha value is -2.44. The topological polar surface area (TPSA) is 107 Å². The molecule has 0 spiro atoms. The number of nitrogens with one attached hydrogen (secondary N) is 2. The number of benzene rings is 1. The van der Waals surface area contributed by atoms with Crippen molar-refractivity contribution in [3.8, 4) is 5.75 Å². The fourth-order valence-corrected chi connectivity index (χ4v) is 5.41. The third-order valence-corrected chi connectivity index (χ3v) is 7.88. The average Bonchev–Trinajstić information content (AvgIpc) is 3.26. The van der Waals surface area contributed by atoms with Gasteiger partial charge in [0.2, 0.25) is 0 Å². The van der Waals surface area contributed by atoms with Crippen molar-refractivity contribution in [2.45, 2.75) is 6.54 Å². The van der Waals surface area contributed by atoms with Gasteiger partial charge >= 0.3 is 0 Å². The number of halogens is 3. The predicted molar refractivity (Wildman–Crippen MR) is 151 cm³/mol. The van der Waals surface area contributed by atoms with Crippen molar-refractivity contribution >= 4 is 69.5 Å². The van der Waals surface area contributed by atoms with Crippen LogP contribution >= 0.6 is 46.1 Å². The van der Waals surface area contributed by atoms with E-state index in [4.69, 9.17) is 39.5 Å². The zero-order valence-corrected chi connectivity index (χ0v) is 23.6. The number of hydrogen-bond donors (Lipinski definition) is 3. The van der Waals surface area contributed by atoms with Crippen LogP contribution in [0.1, 0.15) is 25.6 Å². The molecule has 9 nitrogen and oxygen atoms in total. The van der Waals surface area contributed by atoms with E-state index < -0.39 is 11.8 Å². The number of aromatic nitrogens is 1. The maximum absolute atomic E-state index is 13.4. The van der Waals surface area contributed by atoms with Crippen LogP contribution in [-0.2, 0) is 6.54 Å². The second kappa shape index (κ2) is 13.1. The Morgan fingerprint density at radius 1 is 1.08 bits per heavy atom. The lowest BCUT2D eigenvalue weighted by molar-refractivity contribution is 0.102. The summed E-state index contributed by atoms with van der Waals surface area (Å²) >= 11 is 20.0. The van der Waals surface area contributed by atoms with Crippen LogP contribution in [0.5, 0.6) is 5.75 Å². The highest BCUT2D eigenvalue weighted by atomic mass is 35.5. The normalized spacial score (nSPS) is 14.3. The van der Waals surface area contributed by atoms with Gasteiger partial charge in [0.15, 0.2) is 0 Å². The summed E-state index contributed by atoms with van der Waals surface area (Å²) in [6, 6.07) is 5.99. The second-order valence-electron chi connectivity index (χ2n) is 8.65. The summed E-state index contributed by atoms with van der Waals surface area (Å²) in [5, 5.41) is 17.6. The molecule has 1 aromatic carbocycles. The third kappa shape index (κ3) is 7.15. The highest BCUT2D eigenvalue weighted by molar-refractivity contribution is 7.13. The quantitative estimate of drug-likeness (QED) is 0.327. The van der Waals surface area contributed by atoms with Gasteiger partial charge in [-0.3, -0.25) is 14.5 Å². The molecule has 0 bridgehead atoms. The summed E-state index contributed by atoms with van der Waals surface area (Å²) in [4.78, 5) is 35.5. The van der Waals surface area contributed by atoms with Gasteiger partial charge in [-0.2, -0.15) is 0 Å². The Balaban J connectivity index is 1.59. The maximum Gasteiger partial charge on any atom is 0.267 e. The van der Waals surface area contributed by atoms with Crippen LogP contribution in [0.25, 0.3) is 0 Å². The van der Waals surface area contributed by atoms with Crippen molar-refractivity contribution in [3.05, 3.63) is 66.9 Å². The predicted octanol–water partition coefficient (Wildman–Crippen LogP) is 4.73. The lowest BCUT2D eigenvalue weighted by atomic mass is 10.1. The molecule has 2 aromatic heterocycles. The number of thiophene rings is 1. The largest absolute Gasteiger partial charge is 0.489 e. The van der Waals surface area contributed by atoms with Gasteiger partial charge < -0.3 is 25.4 Å². The van der Waals surface area contributed by atoms with Crippen LogP contribution in [0.3, 0.4) is 0 Å². The number of carbonyl (C=O) groups is 2. The summed E-state index contributed by atoms with van der Waals surface area (Å²) in [6.07, 6.45) is 1.39. The summed E-state index contributed by atoms with van der Waals surface area (Å²) in [6.45, 7) is 4.07. The molecule has 0 saturated carbocycles. The molecule has 1 aliphatic rings. The molecule has 202 valence electrons. The molecular formula is C25H26Cl3N5O4S. The van der Waals surface area contributed by atoms with Gasteiger partial charge in [0.1, 0.15) is 23.1 Å². The fourth-order valence-electron chi connectivity index (χ4n) is 3.85. The van der Waals surface area contributed by atoms with Gasteiger partial charge in [0.05, 0.1) is 27.9 Å². The molecule has 0 radical (unpaired) electrons.